The molecule has 12 heteroatoms. The van der Waals surface area contributed by atoms with E-state index < -0.39 is 26.5 Å². The van der Waals surface area contributed by atoms with Crippen molar-refractivity contribution in [3.8, 4) is 0 Å². The summed E-state index contributed by atoms with van der Waals surface area (Å²) in [6.07, 6.45) is 4.77. The van der Waals surface area contributed by atoms with Crippen LogP contribution >= 0.6 is 11.5 Å². The number of nitrogens with one attached hydrogen (secondary N) is 1. The van der Waals surface area contributed by atoms with E-state index in [0.717, 1.165) is 34.8 Å². The van der Waals surface area contributed by atoms with Gasteiger partial charge in [-0.25, -0.2) is 22.6 Å². The summed E-state index contributed by atoms with van der Waals surface area (Å²) in [5.41, 5.74) is 7.21. The maximum Gasteiger partial charge on any atom is 0.420 e. The van der Waals surface area contributed by atoms with Gasteiger partial charge in [0.05, 0.1) is 12.1 Å². The molecule has 0 spiro atoms. The molecule has 4 rings (SSSR count). The summed E-state index contributed by atoms with van der Waals surface area (Å²) >= 11 is 0.804. The van der Waals surface area contributed by atoms with Crippen molar-refractivity contribution < 1.29 is 17.2 Å². The van der Waals surface area contributed by atoms with Crippen LogP contribution in [0.5, 0.6) is 0 Å². The van der Waals surface area contributed by atoms with Gasteiger partial charge in [-0.1, -0.05) is 36.4 Å². The van der Waals surface area contributed by atoms with Gasteiger partial charge in [0.15, 0.2) is 5.58 Å². The number of halogens is 1. The summed E-state index contributed by atoms with van der Waals surface area (Å²) in [5, 5.41) is -0.0133. The second-order valence-corrected chi connectivity index (χ2v) is 8.82. The van der Waals surface area contributed by atoms with Crippen LogP contribution in [-0.2, 0) is 16.6 Å². The van der Waals surface area contributed by atoms with Crippen LogP contribution in [0.1, 0.15) is 11.1 Å². The number of hydrogen-bond donors (Lipinski definition) is 2. The average molecular weight is 462 g/mol. The maximum absolute atomic E-state index is 14.8. The Labute approximate surface area is 179 Å². The molecular weight excluding hydrogens is 445 g/mol. The predicted octanol–water partition coefficient (Wildman–Crippen LogP) is 2.41. The van der Waals surface area contributed by atoms with Gasteiger partial charge < -0.3 is 10.2 Å². The molecule has 2 aromatic carbocycles. The minimum absolute atomic E-state index is 0.0133. The van der Waals surface area contributed by atoms with Gasteiger partial charge in [-0.05, 0) is 11.1 Å². The van der Waals surface area contributed by atoms with Gasteiger partial charge in [-0.15, -0.1) is 0 Å². The van der Waals surface area contributed by atoms with Crippen molar-refractivity contribution in [3.63, 3.8) is 0 Å². The van der Waals surface area contributed by atoms with Crippen LogP contribution in [0.3, 0.4) is 0 Å². The fourth-order valence-corrected chi connectivity index (χ4v) is 4.75. The molecule has 9 nitrogen and oxygen atoms in total. The molecule has 160 valence electrons. The molecule has 2 aromatic heterocycles. The van der Waals surface area contributed by atoms with E-state index in [9.17, 15) is 17.6 Å². The van der Waals surface area contributed by atoms with E-state index in [4.69, 9.17) is 10.2 Å². The van der Waals surface area contributed by atoms with E-state index >= 15 is 0 Å². The van der Waals surface area contributed by atoms with Gasteiger partial charge in [-0.3, -0.25) is 9.29 Å². The quantitative estimate of drug-likeness (QED) is 0.432. The molecule has 31 heavy (non-hydrogen) atoms. The molecule has 0 saturated heterocycles. The number of hydrogen-bond acceptors (Lipinski definition) is 8. The molecule has 0 radical (unpaired) electrons. The van der Waals surface area contributed by atoms with Crippen molar-refractivity contribution >= 4 is 43.9 Å². The predicted molar refractivity (Wildman–Crippen MR) is 115 cm³/mol. The smallest absolute Gasteiger partial charge is 0.408 e. The average Bonchev–Trinajstić information content (AvgIpc) is 3.34. The van der Waals surface area contributed by atoms with Crippen LogP contribution in [0.25, 0.3) is 17.2 Å². The van der Waals surface area contributed by atoms with Crippen LogP contribution in [0.2, 0.25) is 0 Å². The van der Waals surface area contributed by atoms with Crippen molar-refractivity contribution in [1.29, 1.82) is 0 Å². The first-order valence-corrected chi connectivity index (χ1v) is 11.2. The SMILES string of the molecule is NCC=Cc1ccccc1Cn1c(=O)oc2cc(S(=O)(=O)Nc3ncns3)c(F)cc21. The monoisotopic (exact) mass is 461 g/mol. The minimum Gasteiger partial charge on any atom is -0.408 e. The number of fused-ring (bicyclic) bond motifs is 1. The molecule has 0 aliphatic rings. The molecule has 0 bridgehead atoms. The minimum atomic E-state index is -4.29. The lowest BCUT2D eigenvalue weighted by Crippen LogP contribution is -2.16. The van der Waals surface area contributed by atoms with Crippen molar-refractivity contribution in [2.24, 2.45) is 5.73 Å². The highest BCUT2D eigenvalue weighted by atomic mass is 32.2. The third-order valence-electron chi connectivity index (χ3n) is 4.41. The Morgan fingerprint density at radius 1 is 1.29 bits per heavy atom. The Morgan fingerprint density at radius 3 is 2.84 bits per heavy atom. The zero-order valence-electron chi connectivity index (χ0n) is 15.9. The van der Waals surface area contributed by atoms with Crippen LogP contribution in [0.4, 0.5) is 9.52 Å². The largest absolute Gasteiger partial charge is 0.420 e. The lowest BCUT2D eigenvalue weighted by molar-refractivity contribution is 0.516. The topological polar surface area (TPSA) is 133 Å². The van der Waals surface area contributed by atoms with E-state index in [1.54, 1.807) is 6.08 Å². The molecular formula is C19H16FN5O4S2. The van der Waals surface area contributed by atoms with E-state index in [1.807, 2.05) is 30.3 Å². The zero-order valence-corrected chi connectivity index (χ0v) is 17.5. The first-order chi connectivity index (χ1) is 14.9. The Kier molecular flexibility index (Phi) is 5.67. The second kappa shape index (κ2) is 8.41. The highest BCUT2D eigenvalue weighted by Crippen LogP contribution is 2.25. The number of nitrogens with two attached hydrogens (primary N) is 1. The summed E-state index contributed by atoms with van der Waals surface area (Å²) in [7, 11) is -4.29. The molecule has 0 saturated carbocycles. The number of rotatable bonds is 7. The molecule has 0 atom stereocenters. The van der Waals surface area contributed by atoms with Crippen LogP contribution in [0.15, 0.2) is 62.9 Å². The summed E-state index contributed by atoms with van der Waals surface area (Å²) in [4.78, 5) is 15.5. The molecule has 0 aliphatic carbocycles. The van der Waals surface area contributed by atoms with E-state index in [1.165, 1.54) is 10.9 Å². The van der Waals surface area contributed by atoms with Crippen LogP contribution in [0, 0.1) is 5.82 Å². The first kappa shape index (κ1) is 20.9. The van der Waals surface area contributed by atoms with Gasteiger partial charge in [0.25, 0.3) is 10.0 Å². The molecule has 3 N–H and O–H groups in total. The van der Waals surface area contributed by atoms with Crippen molar-refractivity contribution in [2.75, 3.05) is 11.3 Å². The molecule has 4 aromatic rings. The summed E-state index contributed by atoms with van der Waals surface area (Å²) in [6, 6.07) is 9.28. The number of anilines is 1. The highest BCUT2D eigenvalue weighted by molar-refractivity contribution is 7.93. The molecule has 0 fully saturated rings. The van der Waals surface area contributed by atoms with Crippen molar-refractivity contribution in [3.05, 3.63) is 76.3 Å². The summed E-state index contributed by atoms with van der Waals surface area (Å²) in [5.74, 6) is -1.77. The fraction of sp³-hybridized carbons (Fsp3) is 0.105. The van der Waals surface area contributed by atoms with Gasteiger partial charge in [0.1, 0.15) is 17.0 Å². The van der Waals surface area contributed by atoms with Crippen molar-refractivity contribution in [2.45, 2.75) is 11.4 Å². The third kappa shape index (κ3) is 4.26. The Morgan fingerprint density at radius 2 is 2.10 bits per heavy atom. The van der Waals surface area contributed by atoms with Gasteiger partial charge in [0.2, 0.25) is 5.13 Å². The number of aromatic nitrogens is 3. The van der Waals surface area contributed by atoms with Gasteiger partial charge in [-0.2, -0.15) is 4.37 Å². The molecule has 0 unspecified atom stereocenters. The normalized spacial score (nSPS) is 12.1. The Hall–Kier alpha value is -3.35. The van der Waals surface area contributed by atoms with Gasteiger partial charge in [0, 0.05) is 30.2 Å². The molecule has 0 aliphatic heterocycles. The van der Waals surface area contributed by atoms with Gasteiger partial charge >= 0.3 is 5.76 Å². The fourth-order valence-electron chi connectivity index (χ4n) is 3.01. The first-order valence-electron chi connectivity index (χ1n) is 8.96. The molecule has 0 amide bonds. The lowest BCUT2D eigenvalue weighted by Gasteiger charge is -2.08. The zero-order chi connectivity index (χ0) is 22.0. The van der Waals surface area contributed by atoms with E-state index in [2.05, 4.69) is 14.1 Å². The number of oxazole rings is 1. The number of nitrogens with zero attached hydrogens (tertiary/aromatic N) is 3. The summed E-state index contributed by atoms with van der Waals surface area (Å²) < 4.78 is 52.1. The maximum atomic E-state index is 14.8. The lowest BCUT2D eigenvalue weighted by atomic mass is 10.1. The second-order valence-electron chi connectivity index (χ2n) is 6.39. The van der Waals surface area contributed by atoms with Crippen LogP contribution < -0.4 is 16.2 Å². The standard InChI is InChI=1S/C19H16FN5O4S2/c20-14-8-15-16(9-17(14)31(27,28)24-18-22-11-23-30-18)29-19(26)25(15)10-13-5-2-1-4-12(13)6-3-7-21/h1-6,8-9,11H,7,10,21H2,(H,22,23,24). The Bertz CT molecular complexity index is 1430. The molecule has 2 heterocycles. The number of sulfonamides is 1. The van der Waals surface area contributed by atoms with Crippen molar-refractivity contribution in [1.82, 2.24) is 13.9 Å². The summed E-state index contributed by atoms with van der Waals surface area (Å²) in [6.45, 7) is 0.460. The highest BCUT2D eigenvalue weighted by Gasteiger charge is 2.24. The third-order valence-corrected chi connectivity index (χ3v) is 6.47. The number of benzene rings is 2. The van der Waals surface area contributed by atoms with E-state index in [0.29, 0.717) is 6.54 Å². The van der Waals surface area contributed by atoms with E-state index in [-0.39, 0.29) is 22.8 Å². The Balaban J connectivity index is 1.75. The van der Waals surface area contributed by atoms with Crippen LogP contribution in [-0.4, -0.2) is 28.9 Å².